The van der Waals surface area contributed by atoms with E-state index in [4.69, 9.17) is 11.6 Å². The zero-order valence-corrected chi connectivity index (χ0v) is 18.7. The van der Waals surface area contributed by atoms with E-state index in [1.54, 1.807) is 0 Å². The van der Waals surface area contributed by atoms with Crippen LogP contribution in [-0.4, -0.2) is 24.9 Å². The number of carbonyl (C=O) groups is 1. The van der Waals surface area contributed by atoms with Crippen molar-refractivity contribution in [3.63, 3.8) is 0 Å². The van der Waals surface area contributed by atoms with Crippen LogP contribution >= 0.6 is 11.6 Å². The molecule has 1 atom stereocenters. The van der Waals surface area contributed by atoms with Gasteiger partial charge in [-0.15, -0.1) is 0 Å². The summed E-state index contributed by atoms with van der Waals surface area (Å²) in [5.74, 6) is -0.448. The van der Waals surface area contributed by atoms with Crippen LogP contribution < -0.4 is 10.0 Å². The molecule has 31 heavy (non-hydrogen) atoms. The van der Waals surface area contributed by atoms with Crippen molar-refractivity contribution in [2.75, 3.05) is 5.32 Å². The number of halogens is 1. The summed E-state index contributed by atoms with van der Waals surface area (Å²) in [4.78, 5) is 12.7. The fraction of sp³-hybridized carbons (Fsp3) is 0.174. The molecule has 8 heteroatoms. The molecule has 1 amide bonds. The van der Waals surface area contributed by atoms with Gasteiger partial charge in [0.15, 0.2) is 0 Å². The third-order valence-electron chi connectivity index (χ3n) is 5.21. The van der Waals surface area contributed by atoms with E-state index in [-0.39, 0.29) is 4.90 Å². The summed E-state index contributed by atoms with van der Waals surface area (Å²) in [7, 11) is -3.85. The molecule has 0 unspecified atom stereocenters. The Labute approximate surface area is 185 Å². The molecule has 1 heterocycles. The van der Waals surface area contributed by atoms with Gasteiger partial charge in [0.2, 0.25) is 15.9 Å². The highest BCUT2D eigenvalue weighted by Gasteiger charge is 2.22. The van der Waals surface area contributed by atoms with Gasteiger partial charge >= 0.3 is 0 Å². The fourth-order valence-electron chi connectivity index (χ4n) is 3.69. The van der Waals surface area contributed by atoms with Crippen LogP contribution in [0.5, 0.6) is 0 Å². The van der Waals surface area contributed by atoms with Gasteiger partial charge in [-0.05, 0) is 62.4 Å². The van der Waals surface area contributed by atoms with E-state index in [2.05, 4.69) is 33.7 Å². The summed E-state index contributed by atoms with van der Waals surface area (Å²) in [6.07, 6.45) is 0. The molecule has 0 saturated carbocycles. The van der Waals surface area contributed by atoms with Crippen LogP contribution in [0, 0.1) is 0 Å². The number of fused-ring (bicyclic) bond motifs is 3. The lowest BCUT2D eigenvalue weighted by atomic mass is 10.1. The van der Waals surface area contributed by atoms with Gasteiger partial charge in [-0.25, -0.2) is 8.42 Å². The first-order valence-electron chi connectivity index (χ1n) is 9.90. The molecule has 0 aliphatic carbocycles. The predicted octanol–water partition coefficient (Wildman–Crippen LogP) is 4.77. The van der Waals surface area contributed by atoms with Gasteiger partial charge in [-0.3, -0.25) is 4.79 Å². The number of sulfonamides is 1. The third-order valence-corrected chi connectivity index (χ3v) is 7.01. The van der Waals surface area contributed by atoms with Crippen molar-refractivity contribution in [1.29, 1.82) is 0 Å². The van der Waals surface area contributed by atoms with E-state index in [0.717, 1.165) is 28.4 Å². The number of para-hydroxylation sites is 1. The smallest absolute Gasteiger partial charge is 0.242 e. The molecular weight excluding hydrogens is 434 g/mol. The Morgan fingerprint density at radius 1 is 1.00 bits per heavy atom. The number of nitrogens with zero attached hydrogens (tertiary/aromatic N) is 1. The van der Waals surface area contributed by atoms with Crippen LogP contribution in [0.3, 0.4) is 0 Å². The van der Waals surface area contributed by atoms with Crippen LogP contribution in [0.4, 0.5) is 5.69 Å². The number of rotatable bonds is 6. The molecule has 0 aliphatic heterocycles. The monoisotopic (exact) mass is 455 g/mol. The molecule has 4 aromatic rings. The van der Waals surface area contributed by atoms with E-state index >= 15 is 0 Å². The number of anilines is 1. The zero-order chi connectivity index (χ0) is 22.2. The Morgan fingerprint density at radius 3 is 2.39 bits per heavy atom. The number of hydrogen-bond acceptors (Lipinski definition) is 3. The Kier molecular flexibility index (Phi) is 5.75. The molecule has 0 fully saturated rings. The molecule has 160 valence electrons. The van der Waals surface area contributed by atoms with Crippen LogP contribution in [0.2, 0.25) is 5.02 Å². The molecule has 0 saturated heterocycles. The molecular formula is C23H22ClN3O3S. The number of nitrogens with one attached hydrogen (secondary N) is 2. The molecule has 2 N–H and O–H groups in total. The van der Waals surface area contributed by atoms with Crippen molar-refractivity contribution in [3.8, 4) is 0 Å². The van der Waals surface area contributed by atoms with Gasteiger partial charge in [-0.2, -0.15) is 4.72 Å². The quantitative estimate of drug-likeness (QED) is 0.439. The normalized spacial score (nSPS) is 12.9. The molecule has 0 aliphatic rings. The zero-order valence-electron chi connectivity index (χ0n) is 17.1. The highest BCUT2D eigenvalue weighted by Crippen LogP contribution is 2.31. The lowest BCUT2D eigenvalue weighted by Gasteiger charge is -2.15. The summed E-state index contributed by atoms with van der Waals surface area (Å²) < 4.78 is 29.7. The molecule has 6 nitrogen and oxygen atoms in total. The molecule has 0 radical (unpaired) electrons. The second-order valence-electron chi connectivity index (χ2n) is 7.28. The lowest BCUT2D eigenvalue weighted by molar-refractivity contribution is -0.117. The average Bonchev–Trinajstić information content (AvgIpc) is 3.06. The molecule has 0 bridgehead atoms. The second-order valence-corrected chi connectivity index (χ2v) is 9.43. The van der Waals surface area contributed by atoms with Gasteiger partial charge < -0.3 is 9.88 Å². The van der Waals surface area contributed by atoms with Crippen LogP contribution in [0.1, 0.15) is 13.8 Å². The standard InChI is InChI=1S/C23H22ClN3O3S/c1-3-27-21-7-5-4-6-19(21)20-14-17(10-13-22(20)27)25-23(28)15(2)26-31(29,30)18-11-8-16(24)9-12-18/h4-15,26H,3H2,1-2H3,(H,25,28)/t15-/m0/s1. The Morgan fingerprint density at radius 2 is 1.68 bits per heavy atom. The first kappa shape index (κ1) is 21.4. The number of benzene rings is 3. The third kappa shape index (κ3) is 4.17. The summed E-state index contributed by atoms with van der Waals surface area (Å²) in [5, 5.41) is 5.38. The van der Waals surface area contributed by atoms with Crippen molar-refractivity contribution in [1.82, 2.24) is 9.29 Å². The fourth-order valence-corrected chi connectivity index (χ4v) is 5.02. The number of aryl methyl sites for hydroxylation is 1. The number of carbonyl (C=O) groups excluding carboxylic acids is 1. The molecule has 4 rings (SSSR count). The second kappa shape index (κ2) is 8.34. The summed E-state index contributed by atoms with van der Waals surface area (Å²) in [6.45, 7) is 4.43. The number of amides is 1. The van der Waals surface area contributed by atoms with Crippen molar-refractivity contribution >= 4 is 55.0 Å². The number of hydrogen-bond donors (Lipinski definition) is 2. The van der Waals surface area contributed by atoms with Crippen LogP contribution in [0.15, 0.2) is 71.6 Å². The maximum Gasteiger partial charge on any atom is 0.242 e. The summed E-state index contributed by atoms with van der Waals surface area (Å²) in [5.41, 5.74) is 2.82. The Bertz CT molecular complexity index is 1380. The van der Waals surface area contributed by atoms with Crippen LogP contribution in [-0.2, 0) is 21.4 Å². The van der Waals surface area contributed by atoms with Gasteiger partial charge in [0.1, 0.15) is 0 Å². The predicted molar refractivity (Wildman–Crippen MR) is 125 cm³/mol. The van der Waals surface area contributed by atoms with Gasteiger partial charge in [0.05, 0.1) is 10.9 Å². The van der Waals surface area contributed by atoms with Crippen LogP contribution in [0.25, 0.3) is 21.8 Å². The maximum absolute atomic E-state index is 12.7. The van der Waals surface area contributed by atoms with E-state index < -0.39 is 22.0 Å². The minimum Gasteiger partial charge on any atom is -0.341 e. The van der Waals surface area contributed by atoms with Crippen molar-refractivity contribution < 1.29 is 13.2 Å². The van der Waals surface area contributed by atoms with Crippen molar-refractivity contribution in [3.05, 3.63) is 71.8 Å². The molecule has 0 spiro atoms. The Hall–Kier alpha value is -2.87. The highest BCUT2D eigenvalue weighted by atomic mass is 35.5. The highest BCUT2D eigenvalue weighted by molar-refractivity contribution is 7.89. The van der Waals surface area contributed by atoms with Crippen molar-refractivity contribution in [2.24, 2.45) is 0 Å². The minimum absolute atomic E-state index is 0.0466. The largest absolute Gasteiger partial charge is 0.341 e. The topological polar surface area (TPSA) is 80.2 Å². The maximum atomic E-state index is 12.7. The lowest BCUT2D eigenvalue weighted by Crippen LogP contribution is -2.41. The van der Waals surface area contributed by atoms with E-state index in [1.807, 2.05) is 30.3 Å². The molecule has 1 aromatic heterocycles. The number of aromatic nitrogens is 1. The summed E-state index contributed by atoms with van der Waals surface area (Å²) in [6, 6.07) is 18.6. The molecule has 3 aromatic carbocycles. The van der Waals surface area contributed by atoms with Crippen molar-refractivity contribution in [2.45, 2.75) is 31.3 Å². The van der Waals surface area contributed by atoms with E-state index in [9.17, 15) is 13.2 Å². The SMILES string of the molecule is CCn1c2ccccc2c2cc(NC(=O)[C@H](C)NS(=O)(=O)c3ccc(Cl)cc3)ccc21. The van der Waals surface area contributed by atoms with E-state index in [0.29, 0.717) is 10.7 Å². The van der Waals surface area contributed by atoms with Gasteiger partial charge in [0.25, 0.3) is 0 Å². The minimum atomic E-state index is -3.85. The average molecular weight is 456 g/mol. The Balaban J connectivity index is 1.56. The van der Waals surface area contributed by atoms with E-state index in [1.165, 1.54) is 31.2 Å². The van der Waals surface area contributed by atoms with Gasteiger partial charge in [0, 0.05) is 39.1 Å². The van der Waals surface area contributed by atoms with Gasteiger partial charge in [-0.1, -0.05) is 29.8 Å². The first-order valence-corrected chi connectivity index (χ1v) is 11.8. The summed E-state index contributed by atoms with van der Waals surface area (Å²) >= 11 is 5.82. The first-order chi connectivity index (χ1) is 14.8.